The molecule has 0 unspecified atom stereocenters. The lowest BCUT2D eigenvalue weighted by atomic mass is 10.0. The highest BCUT2D eigenvalue weighted by Crippen LogP contribution is 2.33. The molecule has 0 radical (unpaired) electrons. The summed E-state index contributed by atoms with van der Waals surface area (Å²) in [6.07, 6.45) is 1.94. The second kappa shape index (κ2) is 7.30. The second-order valence-electron chi connectivity index (χ2n) is 6.47. The average molecular weight is 364 g/mol. The number of amides is 1. The number of aryl methyl sites for hydroxylation is 1. The van der Waals surface area contributed by atoms with E-state index in [1.165, 1.54) is 4.88 Å². The number of aromatic nitrogens is 1. The highest BCUT2D eigenvalue weighted by atomic mass is 32.1. The largest absolute Gasteiger partial charge is 0.331 e. The van der Waals surface area contributed by atoms with Crippen LogP contribution in [-0.2, 0) is 0 Å². The molecule has 4 nitrogen and oxygen atoms in total. The fourth-order valence-electron chi connectivity index (χ4n) is 3.48. The van der Waals surface area contributed by atoms with Crippen LogP contribution in [0.25, 0.3) is 11.1 Å². The molecule has 26 heavy (non-hydrogen) atoms. The number of carbonyl (C=O) groups is 1. The van der Waals surface area contributed by atoms with Gasteiger partial charge in [-0.3, -0.25) is 9.69 Å². The number of H-pyrrole nitrogens is 1. The molecule has 1 fully saturated rings. The molecule has 1 N–H and O–H groups in total. The lowest BCUT2D eigenvalue weighted by Crippen LogP contribution is -2.50. The van der Waals surface area contributed by atoms with Gasteiger partial charge in [0.2, 0.25) is 0 Å². The van der Waals surface area contributed by atoms with E-state index < -0.39 is 0 Å². The molecule has 2 aromatic heterocycles. The average Bonchev–Trinajstić information content (AvgIpc) is 3.10. The van der Waals surface area contributed by atoms with Gasteiger partial charge < -0.3 is 4.90 Å². The van der Waals surface area contributed by atoms with Crippen LogP contribution in [0.4, 0.5) is 5.82 Å². The Hall–Kier alpha value is -2.66. The van der Waals surface area contributed by atoms with Crippen molar-refractivity contribution in [2.24, 2.45) is 0 Å². The zero-order chi connectivity index (χ0) is 17.9. The van der Waals surface area contributed by atoms with Crippen molar-refractivity contribution in [2.75, 3.05) is 31.1 Å². The first-order chi connectivity index (χ1) is 12.7. The van der Waals surface area contributed by atoms with Crippen LogP contribution in [0.5, 0.6) is 0 Å². The van der Waals surface area contributed by atoms with E-state index in [4.69, 9.17) is 0 Å². The standard InChI is InChI=1S/C21H21N3OS/c1-16-20(17-7-3-2-4-8-17)18(15-26-16)21(25)24-13-11-23(12-14-24)19-9-5-6-10-22-19/h2-10,15H,11-14H2,1H3/p+1. The smallest absolute Gasteiger partial charge is 0.274 e. The first-order valence-electron chi connectivity index (χ1n) is 8.88. The summed E-state index contributed by atoms with van der Waals surface area (Å²) in [5.41, 5.74) is 3.03. The van der Waals surface area contributed by atoms with Crippen LogP contribution in [0, 0.1) is 6.92 Å². The van der Waals surface area contributed by atoms with Gasteiger partial charge in [0.15, 0.2) is 0 Å². The van der Waals surface area contributed by atoms with E-state index in [1.807, 2.05) is 46.8 Å². The maximum Gasteiger partial charge on any atom is 0.274 e. The summed E-state index contributed by atoms with van der Waals surface area (Å²) < 4.78 is 0. The number of nitrogens with one attached hydrogen (secondary N) is 1. The molecule has 0 spiro atoms. The van der Waals surface area contributed by atoms with Gasteiger partial charge in [0.25, 0.3) is 11.7 Å². The van der Waals surface area contributed by atoms with E-state index in [0.29, 0.717) is 0 Å². The number of thiophene rings is 1. The normalized spacial score (nSPS) is 14.5. The van der Waals surface area contributed by atoms with Gasteiger partial charge in [0, 0.05) is 21.9 Å². The number of anilines is 1. The van der Waals surface area contributed by atoms with Crippen molar-refractivity contribution < 1.29 is 9.78 Å². The molecule has 4 rings (SSSR count). The summed E-state index contributed by atoms with van der Waals surface area (Å²) in [7, 11) is 0. The molecule has 3 heterocycles. The molecular weight excluding hydrogens is 342 g/mol. The third-order valence-corrected chi connectivity index (χ3v) is 5.78. The monoisotopic (exact) mass is 364 g/mol. The van der Waals surface area contributed by atoms with E-state index in [9.17, 15) is 4.79 Å². The van der Waals surface area contributed by atoms with Crippen molar-refractivity contribution in [3.63, 3.8) is 0 Å². The van der Waals surface area contributed by atoms with Crippen molar-refractivity contribution in [3.05, 3.63) is 70.5 Å². The van der Waals surface area contributed by atoms with Crippen LogP contribution in [0.2, 0.25) is 0 Å². The number of carbonyl (C=O) groups excluding carboxylic acids is 1. The van der Waals surface area contributed by atoms with E-state index in [0.717, 1.165) is 48.7 Å². The summed E-state index contributed by atoms with van der Waals surface area (Å²) in [5, 5.41) is 2.01. The minimum atomic E-state index is 0.143. The summed E-state index contributed by atoms with van der Waals surface area (Å²) in [6.45, 7) is 5.26. The number of hydrogen-bond donors (Lipinski definition) is 0. The zero-order valence-corrected chi connectivity index (χ0v) is 15.6. The summed E-state index contributed by atoms with van der Waals surface area (Å²) in [4.78, 5) is 21.9. The molecule has 132 valence electrons. The molecule has 1 saturated heterocycles. The maximum absolute atomic E-state index is 13.2. The summed E-state index contributed by atoms with van der Waals surface area (Å²) >= 11 is 1.65. The molecule has 0 bridgehead atoms. The first-order valence-corrected chi connectivity index (χ1v) is 9.76. The first kappa shape index (κ1) is 16.8. The van der Waals surface area contributed by atoms with Gasteiger partial charge in [-0.25, -0.2) is 4.98 Å². The molecule has 3 aromatic rings. The molecule has 0 aliphatic carbocycles. The molecular formula is C21H22N3OS+. The number of aromatic amines is 1. The van der Waals surface area contributed by atoms with Crippen LogP contribution >= 0.6 is 11.3 Å². The maximum atomic E-state index is 13.2. The van der Waals surface area contributed by atoms with Gasteiger partial charge >= 0.3 is 0 Å². The fourth-order valence-corrected chi connectivity index (χ4v) is 4.34. The molecule has 0 atom stereocenters. The van der Waals surface area contributed by atoms with Crippen LogP contribution in [0.3, 0.4) is 0 Å². The Kier molecular flexibility index (Phi) is 4.71. The van der Waals surface area contributed by atoms with Crippen molar-refractivity contribution in [1.29, 1.82) is 0 Å². The summed E-state index contributed by atoms with van der Waals surface area (Å²) in [6, 6.07) is 16.3. The SMILES string of the molecule is Cc1scc(C(=O)N2CCN(c3cccc[nH+]3)CC2)c1-c1ccccc1. The molecule has 1 aromatic carbocycles. The Morgan fingerprint density at radius 1 is 1.00 bits per heavy atom. The van der Waals surface area contributed by atoms with Crippen LogP contribution < -0.4 is 9.88 Å². The van der Waals surface area contributed by atoms with Crippen molar-refractivity contribution in [3.8, 4) is 11.1 Å². The van der Waals surface area contributed by atoms with Gasteiger partial charge in [-0.15, -0.1) is 11.3 Å². The van der Waals surface area contributed by atoms with Crippen molar-refractivity contribution >= 4 is 23.1 Å². The number of hydrogen-bond acceptors (Lipinski definition) is 3. The van der Waals surface area contributed by atoms with Gasteiger partial charge in [0.1, 0.15) is 13.1 Å². The molecule has 5 heteroatoms. The zero-order valence-electron chi connectivity index (χ0n) is 14.8. The number of nitrogens with zero attached hydrogens (tertiary/aromatic N) is 2. The topological polar surface area (TPSA) is 37.7 Å². The Morgan fingerprint density at radius 2 is 1.73 bits per heavy atom. The Bertz CT molecular complexity index is 884. The number of rotatable bonds is 3. The molecule has 1 aliphatic rings. The van der Waals surface area contributed by atoms with Crippen molar-refractivity contribution in [2.45, 2.75) is 6.92 Å². The second-order valence-corrected chi connectivity index (χ2v) is 7.56. The third-order valence-electron chi connectivity index (χ3n) is 4.87. The fraction of sp³-hybridized carbons (Fsp3) is 0.238. The summed E-state index contributed by atoms with van der Waals surface area (Å²) in [5.74, 6) is 1.25. The minimum Gasteiger partial charge on any atom is -0.331 e. The highest BCUT2D eigenvalue weighted by Gasteiger charge is 2.28. The molecule has 1 aliphatic heterocycles. The number of pyridine rings is 1. The minimum absolute atomic E-state index is 0.143. The van der Waals surface area contributed by atoms with E-state index in [2.05, 4.69) is 35.0 Å². The quantitative estimate of drug-likeness (QED) is 0.713. The molecule has 1 amide bonds. The van der Waals surface area contributed by atoms with Crippen LogP contribution in [0.15, 0.2) is 60.1 Å². The van der Waals surface area contributed by atoms with Gasteiger partial charge in [-0.1, -0.05) is 36.4 Å². The third kappa shape index (κ3) is 3.22. The van der Waals surface area contributed by atoms with E-state index >= 15 is 0 Å². The Morgan fingerprint density at radius 3 is 2.42 bits per heavy atom. The predicted octanol–water partition coefficient (Wildman–Crippen LogP) is 3.50. The van der Waals surface area contributed by atoms with E-state index in [-0.39, 0.29) is 5.91 Å². The molecule has 0 saturated carbocycles. The lowest BCUT2D eigenvalue weighted by molar-refractivity contribution is -0.364. The van der Waals surface area contributed by atoms with Crippen LogP contribution in [0.1, 0.15) is 15.2 Å². The van der Waals surface area contributed by atoms with Gasteiger partial charge in [0.05, 0.1) is 24.8 Å². The lowest BCUT2D eigenvalue weighted by Gasteiger charge is -2.31. The Balaban J connectivity index is 1.52. The number of benzene rings is 1. The van der Waals surface area contributed by atoms with Gasteiger partial charge in [-0.05, 0) is 18.6 Å². The predicted molar refractivity (Wildman–Crippen MR) is 106 cm³/mol. The number of piperazine rings is 1. The van der Waals surface area contributed by atoms with Crippen molar-refractivity contribution in [1.82, 2.24) is 4.90 Å². The highest BCUT2D eigenvalue weighted by molar-refractivity contribution is 7.10. The van der Waals surface area contributed by atoms with Crippen LogP contribution in [-0.4, -0.2) is 37.0 Å². The Labute approximate surface area is 157 Å². The van der Waals surface area contributed by atoms with E-state index in [1.54, 1.807) is 11.3 Å². The van der Waals surface area contributed by atoms with Gasteiger partial charge in [-0.2, -0.15) is 0 Å².